The van der Waals surface area contributed by atoms with Crippen LogP contribution in [0.15, 0.2) is 22.7 Å². The van der Waals surface area contributed by atoms with Crippen molar-refractivity contribution in [3.05, 3.63) is 28.4 Å². The Morgan fingerprint density at radius 3 is 2.37 bits per heavy atom. The summed E-state index contributed by atoms with van der Waals surface area (Å²) >= 11 is 3.59. The van der Waals surface area contributed by atoms with E-state index in [2.05, 4.69) is 73.0 Å². The highest BCUT2D eigenvalue weighted by molar-refractivity contribution is 9.10. The van der Waals surface area contributed by atoms with Gasteiger partial charge in [0.1, 0.15) is 5.75 Å². The smallest absolute Gasteiger partial charge is 0.191 e. The number of methoxy groups -OCH3 is 1. The van der Waals surface area contributed by atoms with E-state index < -0.39 is 8.32 Å². The minimum Gasteiger partial charge on any atom is -0.495 e. The number of halogens is 1. The molecule has 0 radical (unpaired) electrons. The van der Waals surface area contributed by atoms with Gasteiger partial charge < -0.3 is 14.1 Å². The average molecular weight is 453 g/mol. The summed E-state index contributed by atoms with van der Waals surface area (Å²) in [5, 5.41) is 1.55. The van der Waals surface area contributed by atoms with E-state index in [-0.39, 0.29) is 0 Å². The van der Waals surface area contributed by atoms with E-state index in [1.165, 1.54) is 36.8 Å². The van der Waals surface area contributed by atoms with Crippen molar-refractivity contribution in [3.63, 3.8) is 0 Å². The Balaban J connectivity index is 1.60. The molecule has 1 aliphatic carbocycles. The van der Waals surface area contributed by atoms with Crippen molar-refractivity contribution < 1.29 is 9.16 Å². The first kappa shape index (κ1) is 20.9. The molecule has 3 nitrogen and oxygen atoms in total. The molecule has 0 unspecified atom stereocenters. The highest BCUT2D eigenvalue weighted by Gasteiger charge is 2.38. The summed E-state index contributed by atoms with van der Waals surface area (Å²) in [6, 6.07) is 6.55. The first-order chi connectivity index (χ1) is 12.6. The average Bonchev–Trinajstić information content (AvgIpc) is 3.01. The summed E-state index contributed by atoms with van der Waals surface area (Å²) in [6.07, 6.45) is 5.02. The predicted molar refractivity (Wildman–Crippen MR) is 120 cm³/mol. The van der Waals surface area contributed by atoms with Crippen molar-refractivity contribution >= 4 is 35.2 Å². The Morgan fingerprint density at radius 2 is 1.78 bits per heavy atom. The quantitative estimate of drug-likeness (QED) is 0.486. The van der Waals surface area contributed by atoms with E-state index in [1.807, 2.05) is 0 Å². The largest absolute Gasteiger partial charge is 0.495 e. The first-order valence-corrected chi connectivity index (χ1v) is 13.8. The number of hydrogen-bond donors (Lipinski definition) is 1. The van der Waals surface area contributed by atoms with Gasteiger partial charge in [-0.2, -0.15) is 0 Å². The van der Waals surface area contributed by atoms with Crippen molar-refractivity contribution in [2.24, 2.45) is 5.92 Å². The molecule has 1 saturated carbocycles. The molecule has 0 aliphatic heterocycles. The Kier molecular flexibility index (Phi) is 6.14. The Hall–Kier alpha value is -0.783. The SMILES string of the molecule is COc1cc2[nH]c(C3CCC(CO[Si](C)(C)C(C)(C)C)CC3)cc2cc1Br. The maximum Gasteiger partial charge on any atom is 0.191 e. The zero-order valence-electron chi connectivity index (χ0n) is 17.6. The van der Waals surface area contributed by atoms with Crippen molar-refractivity contribution in [1.82, 2.24) is 4.98 Å². The maximum absolute atomic E-state index is 6.47. The molecule has 0 saturated heterocycles. The predicted octanol–water partition coefficient (Wildman–Crippen LogP) is 7.23. The van der Waals surface area contributed by atoms with Crippen LogP contribution < -0.4 is 4.74 Å². The maximum atomic E-state index is 6.47. The highest BCUT2D eigenvalue weighted by atomic mass is 79.9. The molecule has 1 aromatic carbocycles. The standard InChI is InChI=1S/C22H34BrNO2Si/c1-22(2,3)27(5,6)26-14-15-7-9-16(10-8-15)19-12-17-11-18(23)21(25-4)13-20(17)24-19/h11-13,15-16,24H,7-10,14H2,1-6H3. The molecule has 1 aliphatic rings. The van der Waals surface area contributed by atoms with Gasteiger partial charge in [0.15, 0.2) is 8.32 Å². The van der Waals surface area contributed by atoms with Gasteiger partial charge in [0.2, 0.25) is 0 Å². The molecule has 1 N–H and O–H groups in total. The molecular formula is C22H34BrNO2Si. The van der Waals surface area contributed by atoms with Crippen molar-refractivity contribution in [3.8, 4) is 5.75 Å². The van der Waals surface area contributed by atoms with E-state index >= 15 is 0 Å². The second-order valence-electron chi connectivity index (χ2n) is 9.59. The number of aromatic nitrogens is 1. The Labute approximate surface area is 173 Å². The number of hydrogen-bond acceptors (Lipinski definition) is 2. The van der Waals surface area contributed by atoms with Gasteiger partial charge in [-0.3, -0.25) is 0 Å². The number of rotatable bonds is 5. The molecule has 1 fully saturated rings. The van der Waals surface area contributed by atoms with Crippen LogP contribution in [0, 0.1) is 5.92 Å². The molecule has 0 amide bonds. The summed E-state index contributed by atoms with van der Waals surface area (Å²) in [4.78, 5) is 3.63. The molecule has 5 heteroatoms. The van der Waals surface area contributed by atoms with Gasteiger partial charge in [0, 0.05) is 29.3 Å². The summed E-state index contributed by atoms with van der Waals surface area (Å²) in [6.45, 7) is 12.6. The third-order valence-corrected chi connectivity index (χ3v) is 11.8. The van der Waals surface area contributed by atoms with E-state index in [9.17, 15) is 0 Å². The molecule has 150 valence electrons. The monoisotopic (exact) mass is 451 g/mol. The molecule has 0 spiro atoms. The first-order valence-electron chi connectivity index (χ1n) is 10.1. The van der Waals surface area contributed by atoms with E-state index in [1.54, 1.807) is 7.11 Å². The van der Waals surface area contributed by atoms with Gasteiger partial charge in [-0.25, -0.2) is 0 Å². The molecule has 0 bridgehead atoms. The van der Waals surface area contributed by atoms with Crippen LogP contribution in [0.4, 0.5) is 0 Å². The van der Waals surface area contributed by atoms with Gasteiger partial charge in [-0.1, -0.05) is 20.8 Å². The van der Waals surface area contributed by atoms with Crippen LogP contribution in [0.1, 0.15) is 58.1 Å². The third kappa shape index (κ3) is 4.62. The molecule has 0 atom stereocenters. The number of fused-ring (bicyclic) bond motifs is 1. The minimum absolute atomic E-state index is 0.296. The van der Waals surface area contributed by atoms with Gasteiger partial charge in [-0.05, 0) is 83.7 Å². The molecule has 1 heterocycles. The fourth-order valence-electron chi connectivity index (χ4n) is 3.71. The Bertz CT molecular complexity index is 785. The highest BCUT2D eigenvalue weighted by Crippen LogP contribution is 2.40. The Morgan fingerprint density at radius 1 is 1.11 bits per heavy atom. The lowest BCUT2D eigenvalue weighted by Crippen LogP contribution is -2.42. The molecule has 27 heavy (non-hydrogen) atoms. The molecular weight excluding hydrogens is 418 g/mol. The second-order valence-corrected chi connectivity index (χ2v) is 15.3. The summed E-state index contributed by atoms with van der Waals surface area (Å²) in [5.74, 6) is 2.22. The summed E-state index contributed by atoms with van der Waals surface area (Å²) in [7, 11) is 0.0822. The molecule has 1 aromatic heterocycles. The zero-order valence-corrected chi connectivity index (χ0v) is 20.2. The molecule has 2 aromatic rings. The van der Waals surface area contributed by atoms with Crippen LogP contribution in [0.5, 0.6) is 5.75 Å². The number of ether oxygens (including phenoxy) is 1. The summed E-state index contributed by atoms with van der Waals surface area (Å²) in [5.41, 5.74) is 2.53. The van der Waals surface area contributed by atoms with E-state index in [4.69, 9.17) is 9.16 Å². The second kappa shape index (κ2) is 7.92. The lowest BCUT2D eigenvalue weighted by atomic mass is 9.81. The zero-order chi connectivity index (χ0) is 19.8. The number of nitrogens with one attached hydrogen (secondary N) is 1. The van der Waals surface area contributed by atoms with Crippen LogP contribution in [0.2, 0.25) is 18.1 Å². The van der Waals surface area contributed by atoms with E-state index in [0.29, 0.717) is 16.9 Å². The third-order valence-electron chi connectivity index (χ3n) is 6.69. The van der Waals surface area contributed by atoms with Crippen LogP contribution in [0.25, 0.3) is 10.9 Å². The van der Waals surface area contributed by atoms with Crippen LogP contribution in [-0.4, -0.2) is 27.0 Å². The van der Waals surface area contributed by atoms with Crippen LogP contribution in [-0.2, 0) is 4.43 Å². The lowest BCUT2D eigenvalue weighted by Gasteiger charge is -2.38. The van der Waals surface area contributed by atoms with Crippen LogP contribution >= 0.6 is 15.9 Å². The molecule has 3 rings (SSSR count). The fraction of sp³-hybridized carbons (Fsp3) is 0.636. The van der Waals surface area contributed by atoms with Crippen molar-refractivity contribution in [2.75, 3.05) is 13.7 Å². The van der Waals surface area contributed by atoms with Gasteiger partial charge >= 0.3 is 0 Å². The normalized spacial score (nSPS) is 21.6. The van der Waals surface area contributed by atoms with Crippen molar-refractivity contribution in [1.29, 1.82) is 0 Å². The van der Waals surface area contributed by atoms with Gasteiger partial charge in [-0.15, -0.1) is 0 Å². The van der Waals surface area contributed by atoms with Gasteiger partial charge in [0.25, 0.3) is 0 Å². The number of benzene rings is 1. The lowest BCUT2D eigenvalue weighted by molar-refractivity contribution is 0.185. The van der Waals surface area contributed by atoms with E-state index in [0.717, 1.165) is 22.3 Å². The van der Waals surface area contributed by atoms with Gasteiger partial charge in [0.05, 0.1) is 11.6 Å². The fourth-order valence-corrected chi connectivity index (χ4v) is 5.32. The number of aromatic amines is 1. The topological polar surface area (TPSA) is 34.2 Å². The minimum atomic E-state index is -1.63. The van der Waals surface area contributed by atoms with Crippen LogP contribution in [0.3, 0.4) is 0 Å². The number of H-pyrrole nitrogens is 1. The summed E-state index contributed by atoms with van der Waals surface area (Å²) < 4.78 is 12.9. The van der Waals surface area contributed by atoms with Crippen molar-refractivity contribution in [2.45, 2.75) is 70.5 Å².